The summed E-state index contributed by atoms with van der Waals surface area (Å²) in [5, 5.41) is 2.49. The quantitative estimate of drug-likeness (QED) is 0.851. The van der Waals surface area contributed by atoms with Gasteiger partial charge in [0, 0.05) is 6.61 Å². The summed E-state index contributed by atoms with van der Waals surface area (Å²) >= 11 is 0. The van der Waals surface area contributed by atoms with Crippen LogP contribution in [0.2, 0.25) is 0 Å². The van der Waals surface area contributed by atoms with Gasteiger partial charge in [-0.05, 0) is 25.5 Å². The smallest absolute Gasteiger partial charge is 0.376 e. The Morgan fingerprint density at radius 2 is 2.10 bits per heavy atom. The predicted molar refractivity (Wildman–Crippen MR) is 62.7 cm³/mol. The van der Waals surface area contributed by atoms with E-state index in [1.54, 1.807) is 6.92 Å². The average molecular weight is 291 g/mol. The molecule has 1 aliphatic heterocycles. The zero-order valence-electron chi connectivity index (χ0n) is 10.6. The number of rotatable bonds is 2. The number of hydrogen-bond acceptors (Lipinski definition) is 2. The molecule has 1 saturated heterocycles. The standard InChI is InChI=1S/C13H13F4NO2/c1-7-10(5-6-20-7)18-12(19)8-3-2-4-9(11(8)14)13(15,16)17/h2-4,7,10H,5-6H2,1H3,(H,18,19). The second-order valence-electron chi connectivity index (χ2n) is 4.61. The maximum absolute atomic E-state index is 13.8. The molecule has 2 rings (SSSR count). The molecular formula is C13H13F4NO2. The first kappa shape index (κ1) is 14.8. The largest absolute Gasteiger partial charge is 0.419 e. The minimum absolute atomic E-state index is 0.243. The number of amides is 1. The van der Waals surface area contributed by atoms with Gasteiger partial charge in [0.05, 0.1) is 23.3 Å². The van der Waals surface area contributed by atoms with E-state index in [2.05, 4.69) is 5.32 Å². The van der Waals surface area contributed by atoms with Gasteiger partial charge < -0.3 is 10.1 Å². The fourth-order valence-electron chi connectivity index (χ4n) is 2.09. The normalized spacial score (nSPS) is 22.9. The first-order valence-electron chi connectivity index (χ1n) is 6.09. The topological polar surface area (TPSA) is 38.3 Å². The van der Waals surface area contributed by atoms with E-state index in [-0.39, 0.29) is 12.1 Å². The number of benzene rings is 1. The molecule has 0 bridgehead atoms. The Labute approximate surface area is 112 Å². The zero-order chi connectivity index (χ0) is 14.9. The van der Waals surface area contributed by atoms with Crippen LogP contribution >= 0.6 is 0 Å². The van der Waals surface area contributed by atoms with Crippen molar-refractivity contribution in [2.24, 2.45) is 0 Å². The summed E-state index contributed by atoms with van der Waals surface area (Å²) in [5.74, 6) is -2.42. The summed E-state index contributed by atoms with van der Waals surface area (Å²) in [6, 6.07) is 2.32. The lowest BCUT2D eigenvalue weighted by Gasteiger charge is -2.17. The molecule has 1 heterocycles. The van der Waals surface area contributed by atoms with Gasteiger partial charge in [-0.1, -0.05) is 6.07 Å². The van der Waals surface area contributed by atoms with Crippen molar-refractivity contribution in [1.29, 1.82) is 0 Å². The molecule has 110 valence electrons. The van der Waals surface area contributed by atoms with Gasteiger partial charge in [-0.3, -0.25) is 4.79 Å². The van der Waals surface area contributed by atoms with E-state index in [1.165, 1.54) is 0 Å². The highest BCUT2D eigenvalue weighted by Gasteiger charge is 2.36. The van der Waals surface area contributed by atoms with Gasteiger partial charge in [0.2, 0.25) is 0 Å². The van der Waals surface area contributed by atoms with E-state index in [9.17, 15) is 22.4 Å². The summed E-state index contributed by atoms with van der Waals surface area (Å²) in [6.45, 7) is 2.19. The second kappa shape index (κ2) is 5.40. The van der Waals surface area contributed by atoms with Crippen molar-refractivity contribution in [2.45, 2.75) is 31.7 Å². The van der Waals surface area contributed by atoms with Crippen molar-refractivity contribution >= 4 is 5.91 Å². The van der Waals surface area contributed by atoms with E-state index in [0.29, 0.717) is 19.1 Å². The Morgan fingerprint density at radius 1 is 1.40 bits per heavy atom. The third-order valence-corrected chi connectivity index (χ3v) is 3.24. The first-order valence-corrected chi connectivity index (χ1v) is 6.09. The number of alkyl halides is 3. The molecule has 0 spiro atoms. The maximum atomic E-state index is 13.8. The van der Waals surface area contributed by atoms with Gasteiger partial charge in [0.15, 0.2) is 0 Å². The van der Waals surface area contributed by atoms with Gasteiger partial charge in [-0.2, -0.15) is 13.2 Å². The summed E-state index contributed by atoms with van der Waals surface area (Å²) in [5.41, 5.74) is -2.06. The Bertz CT molecular complexity index is 516. The van der Waals surface area contributed by atoms with Crippen LogP contribution in [0, 0.1) is 5.82 Å². The summed E-state index contributed by atoms with van der Waals surface area (Å²) in [6.07, 6.45) is -4.52. The molecule has 0 saturated carbocycles. The van der Waals surface area contributed by atoms with E-state index < -0.39 is 29.0 Å². The molecule has 1 aromatic rings. The number of carbonyl (C=O) groups is 1. The zero-order valence-corrected chi connectivity index (χ0v) is 10.6. The van der Waals surface area contributed by atoms with E-state index in [4.69, 9.17) is 4.74 Å². The lowest BCUT2D eigenvalue weighted by atomic mass is 10.1. The molecule has 1 aromatic carbocycles. The van der Waals surface area contributed by atoms with Crippen LogP contribution in [0.5, 0.6) is 0 Å². The minimum Gasteiger partial charge on any atom is -0.376 e. The van der Waals surface area contributed by atoms with Gasteiger partial charge in [-0.25, -0.2) is 4.39 Å². The molecule has 3 nitrogen and oxygen atoms in total. The van der Waals surface area contributed by atoms with Gasteiger partial charge in [-0.15, -0.1) is 0 Å². The summed E-state index contributed by atoms with van der Waals surface area (Å²) < 4.78 is 56.7. The molecule has 1 aliphatic rings. The Kier molecular flexibility index (Phi) is 3.99. The van der Waals surface area contributed by atoms with Crippen LogP contribution in [0.1, 0.15) is 29.3 Å². The van der Waals surface area contributed by atoms with Crippen molar-refractivity contribution in [3.05, 3.63) is 35.1 Å². The summed E-state index contributed by atoms with van der Waals surface area (Å²) in [4.78, 5) is 11.9. The van der Waals surface area contributed by atoms with Crippen LogP contribution in [-0.4, -0.2) is 24.7 Å². The minimum atomic E-state index is -4.83. The van der Waals surface area contributed by atoms with Crippen LogP contribution in [-0.2, 0) is 10.9 Å². The predicted octanol–water partition coefficient (Wildman–Crippen LogP) is 2.75. The molecule has 1 N–H and O–H groups in total. The SMILES string of the molecule is CC1OCCC1NC(=O)c1cccc(C(F)(F)F)c1F. The Balaban J connectivity index is 2.22. The van der Waals surface area contributed by atoms with Crippen molar-refractivity contribution in [2.75, 3.05) is 6.61 Å². The molecule has 0 aromatic heterocycles. The molecule has 1 amide bonds. The average Bonchev–Trinajstić information content (AvgIpc) is 2.73. The maximum Gasteiger partial charge on any atom is 0.419 e. The highest BCUT2D eigenvalue weighted by molar-refractivity contribution is 5.95. The molecular weight excluding hydrogens is 278 g/mol. The van der Waals surface area contributed by atoms with Crippen LogP contribution in [0.4, 0.5) is 17.6 Å². The summed E-state index contributed by atoms with van der Waals surface area (Å²) in [7, 11) is 0. The lowest BCUT2D eigenvalue weighted by molar-refractivity contribution is -0.140. The fraction of sp³-hybridized carbons (Fsp3) is 0.462. The number of halogens is 4. The third-order valence-electron chi connectivity index (χ3n) is 3.24. The van der Waals surface area contributed by atoms with Crippen molar-refractivity contribution in [3.8, 4) is 0 Å². The first-order chi connectivity index (χ1) is 9.30. The highest BCUT2D eigenvalue weighted by atomic mass is 19.4. The van der Waals surface area contributed by atoms with Crippen molar-refractivity contribution in [1.82, 2.24) is 5.32 Å². The molecule has 20 heavy (non-hydrogen) atoms. The number of carbonyl (C=O) groups excluding carboxylic acids is 1. The van der Waals surface area contributed by atoms with Gasteiger partial charge >= 0.3 is 6.18 Å². The van der Waals surface area contributed by atoms with Gasteiger partial charge in [0.25, 0.3) is 5.91 Å². The molecule has 1 fully saturated rings. The molecule has 0 radical (unpaired) electrons. The third kappa shape index (κ3) is 2.92. The van der Waals surface area contributed by atoms with Crippen LogP contribution in [0.15, 0.2) is 18.2 Å². The van der Waals surface area contributed by atoms with Crippen LogP contribution < -0.4 is 5.32 Å². The van der Waals surface area contributed by atoms with Crippen molar-refractivity contribution < 1.29 is 27.1 Å². The fourth-order valence-corrected chi connectivity index (χ4v) is 2.09. The number of ether oxygens (including phenoxy) is 1. The monoisotopic (exact) mass is 291 g/mol. The Hall–Kier alpha value is -1.63. The lowest BCUT2D eigenvalue weighted by Crippen LogP contribution is -2.39. The van der Waals surface area contributed by atoms with Crippen molar-refractivity contribution in [3.63, 3.8) is 0 Å². The highest BCUT2D eigenvalue weighted by Crippen LogP contribution is 2.32. The molecule has 2 atom stereocenters. The van der Waals surface area contributed by atoms with E-state index in [1.807, 2.05) is 0 Å². The van der Waals surface area contributed by atoms with Crippen LogP contribution in [0.25, 0.3) is 0 Å². The van der Waals surface area contributed by atoms with E-state index in [0.717, 1.165) is 12.1 Å². The molecule has 0 aliphatic carbocycles. The van der Waals surface area contributed by atoms with Crippen LogP contribution in [0.3, 0.4) is 0 Å². The van der Waals surface area contributed by atoms with E-state index >= 15 is 0 Å². The molecule has 2 unspecified atom stereocenters. The molecule has 7 heteroatoms. The number of nitrogens with one attached hydrogen (secondary N) is 1. The Morgan fingerprint density at radius 3 is 2.65 bits per heavy atom. The van der Waals surface area contributed by atoms with Gasteiger partial charge in [0.1, 0.15) is 5.82 Å². The number of hydrogen-bond donors (Lipinski definition) is 1. The second-order valence-corrected chi connectivity index (χ2v) is 4.61.